The summed E-state index contributed by atoms with van der Waals surface area (Å²) in [4.78, 5) is 21.6. The summed E-state index contributed by atoms with van der Waals surface area (Å²) < 4.78 is 0. The standard InChI is InChI=1S/C13H18N2O3/c1-9(16)15-8-11-5-3-10(4-6-11)7-12(14-2)13(17)18/h3-6,12,14H,7-8H2,1-2H3,(H,15,16)(H,17,18)/t12-/m0/s1. The van der Waals surface area contributed by atoms with Crippen LogP contribution in [0.4, 0.5) is 0 Å². The van der Waals surface area contributed by atoms with Crippen molar-refractivity contribution < 1.29 is 14.7 Å². The molecule has 0 aliphatic heterocycles. The van der Waals surface area contributed by atoms with Crippen molar-refractivity contribution in [3.63, 3.8) is 0 Å². The number of carboxylic acid groups (broad SMARTS) is 1. The minimum absolute atomic E-state index is 0.0693. The molecule has 0 heterocycles. The summed E-state index contributed by atoms with van der Waals surface area (Å²) in [6.07, 6.45) is 0.437. The number of hydrogen-bond donors (Lipinski definition) is 3. The normalized spacial score (nSPS) is 11.9. The van der Waals surface area contributed by atoms with Crippen LogP contribution >= 0.6 is 0 Å². The van der Waals surface area contributed by atoms with E-state index in [4.69, 9.17) is 5.11 Å². The maximum Gasteiger partial charge on any atom is 0.321 e. The molecule has 0 unspecified atom stereocenters. The molecule has 98 valence electrons. The van der Waals surface area contributed by atoms with Gasteiger partial charge in [-0.3, -0.25) is 9.59 Å². The maximum atomic E-state index is 10.9. The molecule has 1 aromatic carbocycles. The molecule has 5 nitrogen and oxygen atoms in total. The largest absolute Gasteiger partial charge is 0.480 e. The van der Waals surface area contributed by atoms with E-state index in [1.54, 1.807) is 7.05 Å². The van der Waals surface area contributed by atoms with Crippen molar-refractivity contribution >= 4 is 11.9 Å². The molecule has 0 spiro atoms. The number of benzene rings is 1. The Labute approximate surface area is 106 Å². The van der Waals surface area contributed by atoms with Crippen molar-refractivity contribution in [2.24, 2.45) is 0 Å². The van der Waals surface area contributed by atoms with Crippen LogP contribution in [0.3, 0.4) is 0 Å². The Morgan fingerprint density at radius 1 is 1.22 bits per heavy atom. The Bertz CT molecular complexity index is 415. The van der Waals surface area contributed by atoms with Gasteiger partial charge in [0.05, 0.1) is 0 Å². The fourth-order valence-electron chi connectivity index (χ4n) is 1.57. The summed E-state index contributed by atoms with van der Waals surface area (Å²) in [5, 5.41) is 14.4. The van der Waals surface area contributed by atoms with Crippen LogP contribution in [0.5, 0.6) is 0 Å². The van der Waals surface area contributed by atoms with Gasteiger partial charge < -0.3 is 15.7 Å². The van der Waals surface area contributed by atoms with Gasteiger partial charge >= 0.3 is 5.97 Å². The Balaban J connectivity index is 2.59. The molecular weight excluding hydrogens is 232 g/mol. The van der Waals surface area contributed by atoms with Gasteiger partial charge in [0.1, 0.15) is 6.04 Å². The van der Waals surface area contributed by atoms with Gasteiger partial charge in [0, 0.05) is 13.5 Å². The number of amides is 1. The van der Waals surface area contributed by atoms with Crippen molar-refractivity contribution in [2.45, 2.75) is 25.9 Å². The third-order valence-electron chi connectivity index (χ3n) is 2.65. The Morgan fingerprint density at radius 2 is 1.78 bits per heavy atom. The van der Waals surface area contributed by atoms with Gasteiger partial charge in [0.15, 0.2) is 0 Å². The minimum Gasteiger partial charge on any atom is -0.480 e. The molecule has 0 bridgehead atoms. The molecule has 0 aliphatic rings. The predicted octanol–water partition coefficient (Wildman–Crippen LogP) is 0.538. The fraction of sp³-hybridized carbons (Fsp3) is 0.385. The average molecular weight is 250 g/mol. The van der Waals surface area contributed by atoms with Crippen molar-refractivity contribution in [1.82, 2.24) is 10.6 Å². The van der Waals surface area contributed by atoms with E-state index < -0.39 is 12.0 Å². The summed E-state index contributed by atoms with van der Waals surface area (Å²) in [7, 11) is 1.63. The van der Waals surface area contributed by atoms with Crippen molar-refractivity contribution in [3.8, 4) is 0 Å². The molecule has 0 aromatic heterocycles. The lowest BCUT2D eigenvalue weighted by molar-refractivity contribution is -0.139. The van der Waals surface area contributed by atoms with E-state index in [0.29, 0.717) is 13.0 Å². The summed E-state index contributed by atoms with van der Waals surface area (Å²) in [6.45, 7) is 1.96. The van der Waals surface area contributed by atoms with Crippen LogP contribution < -0.4 is 10.6 Å². The van der Waals surface area contributed by atoms with Crippen LogP contribution in [0.1, 0.15) is 18.1 Å². The molecule has 1 amide bonds. The van der Waals surface area contributed by atoms with E-state index in [-0.39, 0.29) is 5.91 Å². The molecule has 18 heavy (non-hydrogen) atoms. The smallest absolute Gasteiger partial charge is 0.321 e. The average Bonchev–Trinajstić information content (AvgIpc) is 2.34. The summed E-state index contributed by atoms with van der Waals surface area (Å²) >= 11 is 0. The van der Waals surface area contributed by atoms with Crippen LogP contribution in [-0.2, 0) is 22.6 Å². The summed E-state index contributed by atoms with van der Waals surface area (Å²) in [6, 6.07) is 6.96. The first kappa shape index (κ1) is 14.2. The number of carbonyl (C=O) groups excluding carboxylic acids is 1. The molecule has 0 saturated carbocycles. The van der Waals surface area contributed by atoms with Crippen molar-refractivity contribution in [3.05, 3.63) is 35.4 Å². The first-order valence-corrected chi connectivity index (χ1v) is 5.75. The zero-order chi connectivity index (χ0) is 13.5. The Hall–Kier alpha value is -1.88. The monoisotopic (exact) mass is 250 g/mol. The predicted molar refractivity (Wildman–Crippen MR) is 68.2 cm³/mol. The highest BCUT2D eigenvalue weighted by atomic mass is 16.4. The van der Waals surface area contributed by atoms with Gasteiger partial charge in [0.2, 0.25) is 5.91 Å². The SMILES string of the molecule is CN[C@@H](Cc1ccc(CNC(C)=O)cc1)C(=O)O. The molecular formula is C13H18N2O3. The number of nitrogens with one attached hydrogen (secondary N) is 2. The molecule has 0 saturated heterocycles. The Kier molecular flexibility index (Phi) is 5.32. The van der Waals surface area contributed by atoms with Crippen LogP contribution in [0, 0.1) is 0 Å². The van der Waals surface area contributed by atoms with Gasteiger partial charge in [-0.25, -0.2) is 0 Å². The number of hydrogen-bond acceptors (Lipinski definition) is 3. The lowest BCUT2D eigenvalue weighted by atomic mass is 10.0. The summed E-state index contributed by atoms with van der Waals surface area (Å²) in [5.41, 5.74) is 1.94. The second-order valence-corrected chi connectivity index (χ2v) is 4.11. The molecule has 0 aliphatic carbocycles. The first-order chi connectivity index (χ1) is 8.52. The third-order valence-corrected chi connectivity index (χ3v) is 2.65. The van der Waals surface area contributed by atoms with E-state index in [2.05, 4.69) is 10.6 Å². The zero-order valence-corrected chi connectivity index (χ0v) is 10.6. The minimum atomic E-state index is -0.861. The molecule has 0 radical (unpaired) electrons. The third kappa shape index (κ3) is 4.55. The quantitative estimate of drug-likeness (QED) is 0.688. The molecule has 1 atom stereocenters. The molecule has 1 rings (SSSR count). The highest BCUT2D eigenvalue weighted by molar-refractivity contribution is 5.74. The highest BCUT2D eigenvalue weighted by Gasteiger charge is 2.14. The number of rotatable bonds is 6. The number of aliphatic carboxylic acids is 1. The summed E-state index contributed by atoms with van der Waals surface area (Å²) in [5.74, 6) is -0.931. The van der Waals surface area contributed by atoms with E-state index in [9.17, 15) is 9.59 Å². The van der Waals surface area contributed by atoms with Crippen LogP contribution in [0.15, 0.2) is 24.3 Å². The van der Waals surface area contributed by atoms with Gasteiger partial charge in [-0.2, -0.15) is 0 Å². The van der Waals surface area contributed by atoms with Crippen LogP contribution in [-0.4, -0.2) is 30.1 Å². The van der Waals surface area contributed by atoms with Gasteiger partial charge in [0.25, 0.3) is 0 Å². The Morgan fingerprint density at radius 3 is 2.22 bits per heavy atom. The highest BCUT2D eigenvalue weighted by Crippen LogP contribution is 2.07. The number of carboxylic acids is 1. The van der Waals surface area contributed by atoms with Crippen LogP contribution in [0.2, 0.25) is 0 Å². The maximum absolute atomic E-state index is 10.9. The molecule has 5 heteroatoms. The first-order valence-electron chi connectivity index (χ1n) is 5.75. The van der Waals surface area contributed by atoms with Gasteiger partial charge in [-0.05, 0) is 24.6 Å². The molecule has 3 N–H and O–H groups in total. The fourth-order valence-corrected chi connectivity index (χ4v) is 1.57. The lowest BCUT2D eigenvalue weighted by Gasteiger charge is -2.11. The molecule has 0 fully saturated rings. The number of likely N-dealkylation sites (N-methyl/N-ethyl adjacent to an activating group) is 1. The van der Waals surface area contributed by atoms with Gasteiger partial charge in [-0.15, -0.1) is 0 Å². The van der Waals surface area contributed by atoms with E-state index in [1.165, 1.54) is 6.92 Å². The van der Waals surface area contributed by atoms with E-state index in [1.807, 2.05) is 24.3 Å². The van der Waals surface area contributed by atoms with Crippen molar-refractivity contribution in [2.75, 3.05) is 7.05 Å². The lowest BCUT2D eigenvalue weighted by Crippen LogP contribution is -2.35. The molecule has 1 aromatic rings. The number of carbonyl (C=O) groups is 2. The second kappa shape index (κ2) is 6.76. The zero-order valence-electron chi connectivity index (χ0n) is 10.6. The van der Waals surface area contributed by atoms with E-state index >= 15 is 0 Å². The second-order valence-electron chi connectivity index (χ2n) is 4.11. The topological polar surface area (TPSA) is 78.4 Å². The van der Waals surface area contributed by atoms with Crippen molar-refractivity contribution in [1.29, 1.82) is 0 Å². The van der Waals surface area contributed by atoms with Crippen LogP contribution in [0.25, 0.3) is 0 Å². The van der Waals surface area contributed by atoms with Gasteiger partial charge in [-0.1, -0.05) is 24.3 Å². The van der Waals surface area contributed by atoms with E-state index in [0.717, 1.165) is 11.1 Å².